The third kappa shape index (κ3) is 3.90. The number of hydrogen-bond acceptors (Lipinski definition) is 6. The van der Waals surface area contributed by atoms with Crippen LogP contribution in [-0.4, -0.2) is 34.3 Å². The molecular weight excluding hydrogens is 254 g/mol. The fourth-order valence-electron chi connectivity index (χ4n) is 1.47. The molecular formula is C12H17NO4S. The molecule has 2 atom stereocenters. The van der Waals surface area contributed by atoms with Gasteiger partial charge in [-0.3, -0.25) is 4.79 Å². The van der Waals surface area contributed by atoms with Gasteiger partial charge in [0.15, 0.2) is 5.12 Å². The van der Waals surface area contributed by atoms with Gasteiger partial charge in [0.2, 0.25) is 0 Å². The molecule has 0 spiro atoms. The van der Waals surface area contributed by atoms with Crippen LogP contribution in [0.5, 0.6) is 5.75 Å². The highest BCUT2D eigenvalue weighted by Gasteiger charge is 2.22. The molecule has 0 aromatic heterocycles. The zero-order chi connectivity index (χ0) is 13.7. The van der Waals surface area contributed by atoms with Crippen LogP contribution < -0.4 is 10.5 Å². The van der Waals surface area contributed by atoms with Crippen molar-refractivity contribution in [1.82, 2.24) is 0 Å². The van der Waals surface area contributed by atoms with Crippen molar-refractivity contribution in [2.24, 2.45) is 0 Å². The van der Waals surface area contributed by atoms with E-state index in [1.54, 1.807) is 18.2 Å². The summed E-state index contributed by atoms with van der Waals surface area (Å²) >= 11 is 0.965. The van der Waals surface area contributed by atoms with Crippen LogP contribution in [0.1, 0.15) is 18.6 Å². The second kappa shape index (κ2) is 6.63. The number of carbonyl (C=O) groups is 1. The maximum Gasteiger partial charge on any atom is 0.185 e. The van der Waals surface area contributed by atoms with Crippen LogP contribution in [0.2, 0.25) is 0 Å². The van der Waals surface area contributed by atoms with Crippen molar-refractivity contribution in [3.8, 4) is 5.75 Å². The van der Waals surface area contributed by atoms with Gasteiger partial charge in [0.25, 0.3) is 0 Å². The van der Waals surface area contributed by atoms with Gasteiger partial charge in [-0.1, -0.05) is 17.8 Å². The number of hydrogen-bond donors (Lipinski definition) is 3. The van der Waals surface area contributed by atoms with E-state index in [9.17, 15) is 15.0 Å². The minimum atomic E-state index is -1.12. The zero-order valence-corrected chi connectivity index (χ0v) is 11.1. The Morgan fingerprint density at radius 1 is 1.50 bits per heavy atom. The van der Waals surface area contributed by atoms with E-state index in [1.807, 2.05) is 0 Å². The lowest BCUT2D eigenvalue weighted by atomic mass is 10.0. The number of aliphatic hydroxyl groups excluding tert-OH is 2. The molecule has 0 amide bonds. The molecule has 0 aliphatic carbocycles. The summed E-state index contributed by atoms with van der Waals surface area (Å²) in [5.74, 6) is 0.540. The lowest BCUT2D eigenvalue weighted by Crippen LogP contribution is -2.22. The maximum absolute atomic E-state index is 10.8. The summed E-state index contributed by atoms with van der Waals surface area (Å²) in [6.45, 7) is 1.41. The number of ether oxygens (including phenoxy) is 1. The maximum atomic E-state index is 10.8. The fourth-order valence-corrected chi connectivity index (χ4v) is 2.06. The van der Waals surface area contributed by atoms with E-state index >= 15 is 0 Å². The third-order valence-electron chi connectivity index (χ3n) is 2.40. The highest BCUT2D eigenvalue weighted by atomic mass is 32.2. The minimum absolute atomic E-state index is 0.106. The Kier molecular flexibility index (Phi) is 5.46. The first-order valence-corrected chi connectivity index (χ1v) is 6.37. The topological polar surface area (TPSA) is 92.8 Å². The quantitative estimate of drug-likeness (QED) is 0.691. The van der Waals surface area contributed by atoms with Gasteiger partial charge in [-0.05, 0) is 6.07 Å². The first kappa shape index (κ1) is 14.8. The predicted molar refractivity (Wildman–Crippen MR) is 71.5 cm³/mol. The largest absolute Gasteiger partial charge is 0.496 e. The molecule has 0 saturated carbocycles. The average Bonchev–Trinajstić information content (AvgIpc) is 2.34. The second-order valence-corrected chi connectivity index (χ2v) is 5.01. The molecule has 1 aromatic carbocycles. The summed E-state index contributed by atoms with van der Waals surface area (Å²) in [4.78, 5) is 10.8. The molecule has 0 fully saturated rings. The Bertz CT molecular complexity index is 425. The molecule has 2 unspecified atom stereocenters. The number of aliphatic hydroxyl groups is 2. The highest BCUT2D eigenvalue weighted by molar-refractivity contribution is 8.13. The number of nitrogens with two attached hydrogens (primary N) is 1. The van der Waals surface area contributed by atoms with Crippen LogP contribution in [0.15, 0.2) is 18.2 Å². The van der Waals surface area contributed by atoms with Crippen LogP contribution in [0.25, 0.3) is 0 Å². The molecule has 18 heavy (non-hydrogen) atoms. The Labute approximate surface area is 110 Å². The lowest BCUT2D eigenvalue weighted by molar-refractivity contribution is -0.109. The van der Waals surface area contributed by atoms with Gasteiger partial charge < -0.3 is 20.7 Å². The van der Waals surface area contributed by atoms with Crippen LogP contribution in [-0.2, 0) is 4.79 Å². The molecule has 6 heteroatoms. The third-order valence-corrected chi connectivity index (χ3v) is 3.31. The normalized spacial score (nSPS) is 14.0. The number of anilines is 1. The summed E-state index contributed by atoms with van der Waals surface area (Å²) in [6.07, 6.45) is -2.16. The van der Waals surface area contributed by atoms with Crippen molar-refractivity contribution in [3.05, 3.63) is 23.8 Å². The van der Waals surface area contributed by atoms with Crippen molar-refractivity contribution in [2.45, 2.75) is 19.1 Å². The van der Waals surface area contributed by atoms with Crippen LogP contribution in [0.3, 0.4) is 0 Å². The zero-order valence-electron chi connectivity index (χ0n) is 10.3. The van der Waals surface area contributed by atoms with E-state index in [0.717, 1.165) is 11.8 Å². The van der Waals surface area contributed by atoms with Crippen LogP contribution in [0.4, 0.5) is 5.69 Å². The Morgan fingerprint density at radius 2 is 2.17 bits per heavy atom. The van der Waals surface area contributed by atoms with Gasteiger partial charge in [-0.25, -0.2) is 0 Å². The lowest BCUT2D eigenvalue weighted by Gasteiger charge is -2.19. The molecule has 0 saturated heterocycles. The molecule has 0 bridgehead atoms. The smallest absolute Gasteiger partial charge is 0.185 e. The Balaban J connectivity index is 2.82. The number of benzene rings is 1. The number of thioether (sulfide) groups is 1. The molecule has 1 rings (SSSR count). The average molecular weight is 271 g/mol. The van der Waals surface area contributed by atoms with E-state index < -0.39 is 12.2 Å². The number of carbonyl (C=O) groups excluding carboxylic acids is 1. The highest BCUT2D eigenvalue weighted by Crippen LogP contribution is 2.30. The van der Waals surface area contributed by atoms with Gasteiger partial charge in [0, 0.05) is 30.0 Å². The monoisotopic (exact) mass is 271 g/mol. The summed E-state index contributed by atoms with van der Waals surface area (Å²) in [5, 5.41) is 19.7. The standard InChI is InChI=1S/C12H17NO4S/c1-7(14)18-6-10(15)12(16)9-4-3-8(13)5-11(9)17-2/h3-5,10,12,15-16H,6,13H2,1-2H3. The van der Waals surface area contributed by atoms with Crippen molar-refractivity contribution in [1.29, 1.82) is 0 Å². The fraction of sp³-hybridized carbons (Fsp3) is 0.417. The number of rotatable bonds is 5. The minimum Gasteiger partial charge on any atom is -0.496 e. The SMILES string of the molecule is COc1cc(N)ccc1C(O)C(O)CSC(C)=O. The molecule has 0 aliphatic heterocycles. The van der Waals surface area contributed by atoms with E-state index in [-0.39, 0.29) is 10.9 Å². The number of nitrogen functional groups attached to an aromatic ring is 1. The molecule has 0 aliphatic rings. The number of methoxy groups -OCH3 is 1. The van der Waals surface area contributed by atoms with E-state index in [4.69, 9.17) is 10.5 Å². The van der Waals surface area contributed by atoms with E-state index in [0.29, 0.717) is 17.0 Å². The molecule has 100 valence electrons. The summed E-state index contributed by atoms with van der Waals surface area (Å²) in [6, 6.07) is 4.79. The molecule has 0 heterocycles. The first-order valence-electron chi connectivity index (χ1n) is 5.38. The van der Waals surface area contributed by atoms with Gasteiger partial charge in [0.05, 0.1) is 13.2 Å². The summed E-state index contributed by atoms with van der Waals surface area (Å²) in [7, 11) is 1.46. The van der Waals surface area contributed by atoms with E-state index in [1.165, 1.54) is 14.0 Å². The van der Waals surface area contributed by atoms with Crippen molar-refractivity contribution >= 4 is 22.6 Å². The Hall–Kier alpha value is -1.24. The second-order valence-electron chi connectivity index (χ2n) is 3.82. The van der Waals surface area contributed by atoms with Crippen molar-refractivity contribution in [2.75, 3.05) is 18.6 Å². The van der Waals surface area contributed by atoms with E-state index in [2.05, 4.69) is 0 Å². The van der Waals surface area contributed by atoms with Gasteiger partial charge in [0.1, 0.15) is 11.9 Å². The van der Waals surface area contributed by atoms with Crippen molar-refractivity contribution < 1.29 is 19.7 Å². The first-order chi connectivity index (χ1) is 8.45. The Morgan fingerprint density at radius 3 is 2.72 bits per heavy atom. The van der Waals surface area contributed by atoms with Crippen LogP contribution >= 0.6 is 11.8 Å². The van der Waals surface area contributed by atoms with Gasteiger partial charge >= 0.3 is 0 Å². The van der Waals surface area contributed by atoms with Gasteiger partial charge in [-0.2, -0.15) is 0 Å². The predicted octanol–water partition coefficient (Wildman–Crippen LogP) is 0.951. The summed E-state index contributed by atoms with van der Waals surface area (Å²) in [5.41, 5.74) is 6.56. The molecule has 5 nitrogen and oxygen atoms in total. The summed E-state index contributed by atoms with van der Waals surface area (Å²) < 4.78 is 5.10. The van der Waals surface area contributed by atoms with Gasteiger partial charge in [-0.15, -0.1) is 0 Å². The molecule has 4 N–H and O–H groups in total. The molecule has 1 aromatic rings. The van der Waals surface area contributed by atoms with Crippen molar-refractivity contribution in [3.63, 3.8) is 0 Å². The van der Waals surface area contributed by atoms with Crippen LogP contribution in [0, 0.1) is 0 Å². The molecule has 0 radical (unpaired) electrons.